The zero-order chi connectivity index (χ0) is 12.2. The predicted octanol–water partition coefficient (Wildman–Crippen LogP) is 3.15. The number of hydrogen-bond acceptors (Lipinski definition) is 2. The highest BCUT2D eigenvalue weighted by Crippen LogP contribution is 2.24. The molecule has 0 atom stereocenters. The van der Waals surface area contributed by atoms with Gasteiger partial charge in [-0.25, -0.2) is 0 Å². The van der Waals surface area contributed by atoms with E-state index in [-0.39, 0.29) is 5.41 Å². The summed E-state index contributed by atoms with van der Waals surface area (Å²) in [5, 5.41) is 0.776. The first kappa shape index (κ1) is 13.3. The van der Waals surface area contributed by atoms with Crippen LogP contribution in [0.25, 0.3) is 0 Å². The normalized spacial score (nSPS) is 11.6. The minimum absolute atomic E-state index is 0.239. The van der Waals surface area contributed by atoms with Crippen LogP contribution >= 0.6 is 11.6 Å². The van der Waals surface area contributed by atoms with Crippen molar-refractivity contribution in [1.82, 2.24) is 0 Å². The molecular weight excluding hydrogens is 220 g/mol. The van der Waals surface area contributed by atoms with Gasteiger partial charge in [0.15, 0.2) is 0 Å². The molecule has 0 bridgehead atoms. The summed E-state index contributed by atoms with van der Waals surface area (Å²) in [6.45, 7) is 6.21. The highest BCUT2D eigenvalue weighted by Gasteiger charge is 2.19. The topological polar surface area (TPSA) is 29.3 Å². The van der Waals surface area contributed by atoms with Crippen molar-refractivity contribution >= 4 is 17.3 Å². The molecule has 1 aromatic carbocycles. The van der Waals surface area contributed by atoms with Crippen LogP contribution < -0.4 is 10.6 Å². The summed E-state index contributed by atoms with van der Waals surface area (Å²) in [5.74, 6) is 0. The van der Waals surface area contributed by atoms with Gasteiger partial charge < -0.3 is 10.6 Å². The van der Waals surface area contributed by atoms with Crippen LogP contribution in [0.1, 0.15) is 20.3 Å². The molecule has 2 N–H and O–H groups in total. The van der Waals surface area contributed by atoms with Gasteiger partial charge in [-0.1, -0.05) is 25.4 Å². The van der Waals surface area contributed by atoms with Gasteiger partial charge in [0.25, 0.3) is 0 Å². The highest BCUT2D eigenvalue weighted by atomic mass is 35.5. The van der Waals surface area contributed by atoms with Crippen LogP contribution in [-0.2, 0) is 0 Å². The molecule has 0 saturated heterocycles. The standard InChI is InChI=1S/C13H21ClN2/c1-13(2,8-9-15)10-16(3)12-6-4-11(14)5-7-12/h4-7H,8-10,15H2,1-3H3. The summed E-state index contributed by atoms with van der Waals surface area (Å²) in [4.78, 5) is 2.24. The molecule has 0 radical (unpaired) electrons. The Bertz CT molecular complexity index is 319. The average molecular weight is 241 g/mol. The minimum Gasteiger partial charge on any atom is -0.374 e. The van der Waals surface area contributed by atoms with Crippen LogP contribution in [0.3, 0.4) is 0 Å². The second kappa shape index (κ2) is 5.55. The van der Waals surface area contributed by atoms with Crippen LogP contribution in [0, 0.1) is 5.41 Å². The predicted molar refractivity (Wildman–Crippen MR) is 72.2 cm³/mol. The van der Waals surface area contributed by atoms with Crippen molar-refractivity contribution in [2.75, 3.05) is 25.0 Å². The van der Waals surface area contributed by atoms with Crippen LogP contribution in [0.5, 0.6) is 0 Å². The first-order chi connectivity index (χ1) is 7.44. The molecule has 0 aliphatic heterocycles. The fraction of sp³-hybridized carbons (Fsp3) is 0.538. The van der Waals surface area contributed by atoms with E-state index >= 15 is 0 Å². The van der Waals surface area contributed by atoms with E-state index in [1.54, 1.807) is 0 Å². The number of nitrogens with two attached hydrogens (primary N) is 1. The smallest absolute Gasteiger partial charge is 0.0407 e. The van der Waals surface area contributed by atoms with E-state index in [4.69, 9.17) is 17.3 Å². The first-order valence-corrected chi connectivity index (χ1v) is 5.99. The molecule has 0 aromatic heterocycles. The van der Waals surface area contributed by atoms with Crippen molar-refractivity contribution < 1.29 is 0 Å². The quantitative estimate of drug-likeness (QED) is 0.857. The maximum absolute atomic E-state index is 5.86. The van der Waals surface area contributed by atoms with E-state index in [1.807, 2.05) is 24.3 Å². The van der Waals surface area contributed by atoms with Gasteiger partial charge in [-0.05, 0) is 42.6 Å². The number of anilines is 1. The molecule has 90 valence electrons. The fourth-order valence-electron chi connectivity index (χ4n) is 1.90. The van der Waals surface area contributed by atoms with Crippen molar-refractivity contribution in [2.24, 2.45) is 11.1 Å². The van der Waals surface area contributed by atoms with Gasteiger partial charge in [0.1, 0.15) is 0 Å². The molecule has 0 aliphatic carbocycles. The molecule has 0 saturated carbocycles. The lowest BCUT2D eigenvalue weighted by atomic mass is 9.89. The van der Waals surface area contributed by atoms with Crippen LogP contribution in [-0.4, -0.2) is 20.1 Å². The molecule has 1 rings (SSSR count). The lowest BCUT2D eigenvalue weighted by Gasteiger charge is -2.31. The molecule has 0 amide bonds. The molecule has 0 aliphatic rings. The lowest BCUT2D eigenvalue weighted by molar-refractivity contribution is 0.347. The van der Waals surface area contributed by atoms with E-state index in [1.165, 1.54) is 5.69 Å². The van der Waals surface area contributed by atoms with E-state index in [0.717, 1.165) is 24.5 Å². The third-order valence-corrected chi connectivity index (χ3v) is 3.01. The van der Waals surface area contributed by atoms with Gasteiger partial charge in [0.2, 0.25) is 0 Å². The molecule has 16 heavy (non-hydrogen) atoms. The van der Waals surface area contributed by atoms with Crippen LogP contribution in [0.2, 0.25) is 5.02 Å². The Morgan fingerprint density at radius 3 is 2.31 bits per heavy atom. The van der Waals surface area contributed by atoms with Crippen molar-refractivity contribution in [3.8, 4) is 0 Å². The third kappa shape index (κ3) is 4.03. The Hall–Kier alpha value is -0.730. The molecular formula is C13H21ClN2. The van der Waals surface area contributed by atoms with Gasteiger partial charge in [-0.2, -0.15) is 0 Å². The van der Waals surface area contributed by atoms with Gasteiger partial charge in [-0.3, -0.25) is 0 Å². The average Bonchev–Trinajstić information content (AvgIpc) is 2.17. The Kier molecular flexibility index (Phi) is 4.63. The molecule has 0 unspecified atom stereocenters. The number of rotatable bonds is 5. The van der Waals surface area contributed by atoms with E-state index in [0.29, 0.717) is 0 Å². The minimum atomic E-state index is 0.239. The van der Waals surface area contributed by atoms with Gasteiger partial charge in [0.05, 0.1) is 0 Å². The summed E-state index contributed by atoms with van der Waals surface area (Å²) < 4.78 is 0. The highest BCUT2D eigenvalue weighted by molar-refractivity contribution is 6.30. The Morgan fingerprint density at radius 1 is 1.25 bits per heavy atom. The van der Waals surface area contributed by atoms with Gasteiger partial charge in [-0.15, -0.1) is 0 Å². The van der Waals surface area contributed by atoms with Gasteiger partial charge >= 0.3 is 0 Å². The molecule has 0 heterocycles. The number of nitrogens with zero attached hydrogens (tertiary/aromatic N) is 1. The first-order valence-electron chi connectivity index (χ1n) is 5.61. The fourth-order valence-corrected chi connectivity index (χ4v) is 2.02. The van der Waals surface area contributed by atoms with E-state index in [9.17, 15) is 0 Å². The summed E-state index contributed by atoms with van der Waals surface area (Å²) in [5.41, 5.74) is 7.04. The second-order valence-electron chi connectivity index (χ2n) is 5.04. The molecule has 2 nitrogen and oxygen atoms in total. The largest absolute Gasteiger partial charge is 0.374 e. The molecule has 0 spiro atoms. The van der Waals surface area contributed by atoms with Gasteiger partial charge in [0, 0.05) is 24.3 Å². The second-order valence-corrected chi connectivity index (χ2v) is 5.47. The maximum atomic E-state index is 5.86. The Morgan fingerprint density at radius 2 is 1.81 bits per heavy atom. The van der Waals surface area contributed by atoms with E-state index in [2.05, 4.69) is 25.8 Å². The maximum Gasteiger partial charge on any atom is 0.0407 e. The van der Waals surface area contributed by atoms with E-state index < -0.39 is 0 Å². The Balaban J connectivity index is 2.64. The number of benzene rings is 1. The zero-order valence-electron chi connectivity index (χ0n) is 10.3. The monoisotopic (exact) mass is 240 g/mol. The Labute approximate surface area is 103 Å². The van der Waals surface area contributed by atoms with Crippen molar-refractivity contribution in [1.29, 1.82) is 0 Å². The number of hydrogen-bond donors (Lipinski definition) is 1. The number of halogens is 1. The summed E-state index contributed by atoms with van der Waals surface area (Å²) in [6.07, 6.45) is 1.03. The van der Waals surface area contributed by atoms with Crippen molar-refractivity contribution in [2.45, 2.75) is 20.3 Å². The lowest BCUT2D eigenvalue weighted by Crippen LogP contribution is -2.32. The summed E-state index contributed by atoms with van der Waals surface area (Å²) >= 11 is 5.86. The van der Waals surface area contributed by atoms with Crippen LogP contribution in [0.15, 0.2) is 24.3 Å². The zero-order valence-corrected chi connectivity index (χ0v) is 11.1. The molecule has 0 fully saturated rings. The van der Waals surface area contributed by atoms with Crippen molar-refractivity contribution in [3.63, 3.8) is 0 Å². The summed E-state index contributed by atoms with van der Waals surface area (Å²) in [7, 11) is 2.10. The SMILES string of the molecule is CN(CC(C)(C)CCN)c1ccc(Cl)cc1. The molecule has 3 heteroatoms. The van der Waals surface area contributed by atoms with Crippen LogP contribution in [0.4, 0.5) is 5.69 Å². The molecule has 1 aromatic rings. The summed E-state index contributed by atoms with van der Waals surface area (Å²) in [6, 6.07) is 7.92. The van der Waals surface area contributed by atoms with Crippen molar-refractivity contribution in [3.05, 3.63) is 29.3 Å². The third-order valence-electron chi connectivity index (χ3n) is 2.75.